The molecule has 2 saturated carbocycles. The van der Waals surface area contributed by atoms with E-state index >= 15 is 38.0 Å². The van der Waals surface area contributed by atoms with Gasteiger partial charge < -0.3 is 101 Å². The molecule has 7 aliphatic heterocycles. The number of hydrogen-bond acceptors (Lipinski definition) is 19. The molecule has 33 nitrogen and oxygen atoms in total. The van der Waals surface area contributed by atoms with Crippen molar-refractivity contribution in [2.75, 3.05) is 107 Å². The predicted molar refractivity (Wildman–Crippen MR) is 460 cm³/mol. The number of nitrogens with one attached hydrogen (secondary N) is 9. The summed E-state index contributed by atoms with van der Waals surface area (Å²) < 4.78 is 42.1. The van der Waals surface area contributed by atoms with Crippen LogP contribution in [0.4, 0.5) is 4.39 Å². The normalized spacial score (nSPS) is 27.8. The Kier molecular flexibility index (Phi) is 29.4. The van der Waals surface area contributed by atoms with Gasteiger partial charge in [-0.05, 0) is 142 Å². The number of rotatable bonds is 14. The number of amides is 12. The van der Waals surface area contributed by atoms with E-state index in [0.717, 1.165) is 22.6 Å². The highest BCUT2D eigenvalue weighted by molar-refractivity contribution is 6.10. The maximum atomic E-state index is 16.8. The summed E-state index contributed by atoms with van der Waals surface area (Å²) >= 11 is 0. The first-order valence-electron chi connectivity index (χ1n) is 44.0. The van der Waals surface area contributed by atoms with Crippen molar-refractivity contribution >= 4 is 93.8 Å². The number of ketones is 1. The lowest BCUT2D eigenvalue weighted by Gasteiger charge is -2.40. The van der Waals surface area contributed by atoms with Crippen molar-refractivity contribution in [1.82, 2.24) is 66.7 Å². The number of nitrogens with zero attached hydrogens (tertiary/aromatic N) is 6. The minimum absolute atomic E-state index is 0.0340. The molecular formula is C92H119FN15O18+. The van der Waals surface area contributed by atoms with E-state index in [2.05, 4.69) is 42.5 Å². The lowest BCUT2D eigenvalue weighted by molar-refractivity contribution is -0.870. The van der Waals surface area contributed by atoms with E-state index < -0.39 is 192 Å². The summed E-state index contributed by atoms with van der Waals surface area (Å²) in [6.45, 7) is 3.37. The van der Waals surface area contributed by atoms with Crippen molar-refractivity contribution in [2.45, 2.75) is 207 Å². The molecule has 34 heteroatoms. The molecule has 1 aromatic heterocycles. The standard InChI is InChI=1S/C92H118FN15O18/c1-58(109)81-73(110)48-64(45-60-22-25-67(123-6)26-23-60)83(117)106-38-14-33-89(106,2)85(119)95-34-30-59-18-20-61(21-19-59)54-104-36-11-8-7-10-35-103-55-65(68-49-66(93)24-27-72(68)103)47-70-84(118)107-39-31-75(92(107,57-94)88(122)100-81)126-56-78(113)96-52-62-15-13-16-63(46-62)69-50-90(69,86(120)98-70)102-82(116)71-53-97-76(111)17-9-12-37-105(80(115)32-41-124-43-44-125-42-40-108(3,4)5)74-51-91(74,87(121)99-71)101-77(112)28-29-79(104)114/h7,10,13,15-16,18-27,46,49,55,57-58,64,69-71,74-75,81,94,109H,8-9,11-12,14,17,28-45,47-48,50-54,56H2,1-6H3,(H7-,95,96,97,98,99,100,101,102,111,112,113,116,119,120,121,122)/p+1/t58-,64-,69+,70+,71-,74+,75+,81+,89+,90?,91-,92+/m1/s1. The van der Waals surface area contributed by atoms with E-state index in [-0.39, 0.29) is 135 Å². The molecule has 5 aromatic rings. The van der Waals surface area contributed by atoms with E-state index in [1.165, 1.54) is 36.0 Å². The zero-order valence-corrected chi connectivity index (χ0v) is 72.7. The van der Waals surface area contributed by atoms with Gasteiger partial charge in [-0.3, -0.25) is 62.3 Å². The van der Waals surface area contributed by atoms with Crippen LogP contribution in [0, 0.1) is 17.1 Å². The molecule has 5 fully saturated rings. The Hall–Kier alpha value is -11.3. The number of aliphatic hydroxyl groups is 1. The van der Waals surface area contributed by atoms with Gasteiger partial charge in [0.25, 0.3) is 5.91 Å². The average Bonchev–Trinajstić information content (AvgIpc) is 1.56. The SMILES string of the molecule is COc1ccc(C[C@@H]2CC(=O)[C@H]([C@@H](C)O)NC(=O)[C@]3(C=N)[C@@H]4CCN3C(=O)[C@@H]3Cc5cn(c6ccc(F)cc56)CC=CCCCN(Cc5ccc(cc5)CCNC(=O)[C@]5(C)CCCN5C2=O)C(=O)CCC(=O)N[C@]25C[C@@H]2N(C(=O)CCOCCOCC[N+](C)(C)C)CCCCC(=O)NC[C@@H](NC5=O)C(=O)NC2(C[C@H]2c2cccc(c2)CNC(=O)CO4)C(=O)N3)cc1. The molecule has 12 amide bonds. The Morgan fingerprint density at radius 3 is 2.21 bits per heavy atom. The van der Waals surface area contributed by atoms with Crippen LogP contribution in [-0.4, -0.2) is 282 Å². The monoisotopic (exact) mass is 1740 g/mol. The van der Waals surface area contributed by atoms with Gasteiger partial charge in [0, 0.05) is 133 Å². The van der Waals surface area contributed by atoms with Crippen LogP contribution in [0.1, 0.15) is 143 Å². The summed E-state index contributed by atoms with van der Waals surface area (Å²) in [6, 6.07) is 18.6. The molecule has 0 radical (unpaired) electrons. The van der Waals surface area contributed by atoms with Crippen LogP contribution in [-0.2, 0) is 115 Å². The molecule has 676 valence electrons. The summed E-state index contributed by atoms with van der Waals surface area (Å²) in [5.74, 6) is -12.4. The topological polar surface area (TPSA) is 417 Å². The predicted octanol–water partition coefficient (Wildman–Crippen LogP) is 2.76. The van der Waals surface area contributed by atoms with Crippen molar-refractivity contribution in [3.8, 4) is 5.75 Å². The van der Waals surface area contributed by atoms with E-state index in [1.807, 2.05) is 57.6 Å². The highest BCUT2D eigenvalue weighted by atomic mass is 19.1. The van der Waals surface area contributed by atoms with E-state index in [0.29, 0.717) is 76.3 Å². The summed E-state index contributed by atoms with van der Waals surface area (Å²) in [5, 5.41) is 44.7. The molecule has 14 rings (SSSR count). The summed E-state index contributed by atoms with van der Waals surface area (Å²) in [7, 11) is 7.62. The summed E-state index contributed by atoms with van der Waals surface area (Å²) in [4.78, 5) is 206. The van der Waals surface area contributed by atoms with E-state index in [9.17, 15) is 39.3 Å². The second-order valence-electron chi connectivity index (χ2n) is 35.8. The summed E-state index contributed by atoms with van der Waals surface area (Å²) in [6.07, 6.45) is 2.25. The molecule has 126 heavy (non-hydrogen) atoms. The van der Waals surface area contributed by atoms with E-state index in [4.69, 9.17) is 18.9 Å². The zero-order chi connectivity index (χ0) is 89.8. The molecule has 9 aliphatic rings. The van der Waals surface area contributed by atoms with Crippen molar-refractivity contribution in [3.63, 3.8) is 0 Å². The first-order chi connectivity index (χ1) is 60.3. The highest BCUT2D eigenvalue weighted by Crippen LogP contribution is 2.53. The lowest BCUT2D eigenvalue weighted by atomic mass is 9.87. The van der Waals surface area contributed by atoms with Crippen molar-refractivity contribution in [1.29, 1.82) is 5.41 Å². The fourth-order valence-electron chi connectivity index (χ4n) is 18.4. The third kappa shape index (κ3) is 21.3. The van der Waals surface area contributed by atoms with Crippen LogP contribution in [0.5, 0.6) is 5.75 Å². The molecular weight excluding hydrogens is 1620 g/mol. The molecule has 14 bridgehead atoms. The zero-order valence-electron chi connectivity index (χ0n) is 72.7. The van der Waals surface area contributed by atoms with Gasteiger partial charge in [-0.15, -0.1) is 0 Å². The maximum absolute atomic E-state index is 16.8. The molecule has 10 N–H and O–H groups in total. The number of halogens is 1. The molecule has 2 aliphatic carbocycles. The van der Waals surface area contributed by atoms with Crippen LogP contribution in [0.3, 0.4) is 0 Å². The van der Waals surface area contributed by atoms with Crippen molar-refractivity contribution in [3.05, 3.63) is 149 Å². The smallest absolute Gasteiger partial charge is 0.255 e. The Labute approximate surface area is 732 Å². The van der Waals surface area contributed by atoms with Crippen LogP contribution < -0.4 is 47.3 Å². The minimum atomic E-state index is -2.66. The van der Waals surface area contributed by atoms with Gasteiger partial charge in [0.05, 0.1) is 79.4 Å². The third-order valence-corrected chi connectivity index (χ3v) is 25.9. The van der Waals surface area contributed by atoms with Crippen molar-refractivity contribution < 1.29 is 95.3 Å². The molecule has 12 atom stereocenters. The maximum Gasteiger partial charge on any atom is 0.255 e. The number of likely N-dealkylation sites (N-methyl/N-ethyl adjacent to an activating group) is 1. The molecule has 8 heterocycles. The van der Waals surface area contributed by atoms with Crippen LogP contribution in [0.2, 0.25) is 0 Å². The number of carbonyl (C=O) groups is 13. The Bertz CT molecular complexity index is 4960. The number of methoxy groups -OCH3 is 1. The molecule has 3 saturated heterocycles. The second-order valence-corrected chi connectivity index (χ2v) is 35.8. The first kappa shape index (κ1) is 92.3. The number of fused-ring (bicyclic) bond motifs is 18. The number of allylic oxidation sites excluding steroid dienone is 2. The van der Waals surface area contributed by atoms with Crippen LogP contribution in [0.25, 0.3) is 10.9 Å². The fourth-order valence-corrected chi connectivity index (χ4v) is 18.4. The number of quaternary nitrogens is 1. The highest BCUT2D eigenvalue weighted by Gasteiger charge is 2.67. The van der Waals surface area contributed by atoms with Gasteiger partial charge in [0.2, 0.25) is 65.0 Å². The first-order valence-corrected chi connectivity index (χ1v) is 44.0. The number of benzene rings is 4. The number of aliphatic hydroxyl groups excluding tert-OH is 1. The number of carbonyl (C=O) groups excluding carboxylic acids is 13. The van der Waals surface area contributed by atoms with Crippen LogP contribution >= 0.6 is 0 Å². The molecule has 4 aromatic carbocycles. The second kappa shape index (κ2) is 40.1. The van der Waals surface area contributed by atoms with Gasteiger partial charge >= 0.3 is 0 Å². The number of aromatic nitrogens is 1. The number of ether oxygens (including phenoxy) is 4. The fraction of sp³-hybridized carbons (Fsp3) is 0.543. The van der Waals surface area contributed by atoms with Gasteiger partial charge in [-0.1, -0.05) is 72.8 Å². The number of Topliss-reactive ketones (excluding diaryl/α,β-unsaturated/α-hetero) is 1. The van der Waals surface area contributed by atoms with Crippen LogP contribution in [0.15, 0.2) is 109 Å². The molecule has 2 spiro atoms. The Balaban J connectivity index is 0.930. The minimum Gasteiger partial charge on any atom is -0.497 e. The van der Waals surface area contributed by atoms with Gasteiger partial charge in [-0.25, -0.2) is 4.39 Å². The molecule has 1 unspecified atom stereocenters. The third-order valence-electron chi connectivity index (χ3n) is 25.9. The number of hydrogen-bond donors (Lipinski definition) is 10. The summed E-state index contributed by atoms with van der Waals surface area (Å²) in [5.41, 5.74) is -4.25. The van der Waals surface area contributed by atoms with Gasteiger partial charge in [0.15, 0.2) is 11.3 Å². The average molecular weight is 1740 g/mol. The lowest BCUT2D eigenvalue weighted by Crippen LogP contribution is -2.69. The quantitative estimate of drug-likeness (QED) is 0.0331. The Morgan fingerprint density at radius 1 is 0.698 bits per heavy atom. The Morgan fingerprint density at radius 2 is 1.45 bits per heavy atom. The van der Waals surface area contributed by atoms with Gasteiger partial charge in [0.1, 0.15) is 59.5 Å². The van der Waals surface area contributed by atoms with Gasteiger partial charge in [-0.2, -0.15) is 0 Å². The van der Waals surface area contributed by atoms with Crippen molar-refractivity contribution in [2.24, 2.45) is 5.92 Å². The largest absolute Gasteiger partial charge is 0.497 e. The van der Waals surface area contributed by atoms with E-state index in [1.54, 1.807) is 77.2 Å².